The van der Waals surface area contributed by atoms with E-state index < -0.39 is 5.60 Å². The van der Waals surface area contributed by atoms with Gasteiger partial charge in [0.05, 0.1) is 46.0 Å². The lowest BCUT2D eigenvalue weighted by atomic mass is 9.87. The monoisotopic (exact) mass is 851 g/mol. The molecule has 0 radical (unpaired) electrons. The smallest absolute Gasteiger partial charge is 0.259 e. The van der Waals surface area contributed by atoms with Crippen LogP contribution in [0, 0.1) is 0 Å². The fraction of sp³-hybridized carbons (Fsp3) is 0.422. The summed E-state index contributed by atoms with van der Waals surface area (Å²) in [6.07, 6.45) is 11.7. The highest BCUT2D eigenvalue weighted by Gasteiger charge is 2.37. The predicted molar refractivity (Wildman–Crippen MR) is 237 cm³/mol. The molecule has 18 nitrogen and oxygen atoms in total. The van der Waals surface area contributed by atoms with E-state index in [1.54, 1.807) is 26.4 Å². The Bertz CT molecular complexity index is 2850. The number of aromatic nitrogens is 7. The molecule has 0 spiro atoms. The Kier molecular flexibility index (Phi) is 10.4. The van der Waals surface area contributed by atoms with Crippen LogP contribution >= 0.6 is 0 Å². The van der Waals surface area contributed by atoms with Crippen LogP contribution in [0.25, 0.3) is 27.5 Å². The number of nitrogens with one attached hydrogen (secondary N) is 2. The molecule has 2 aromatic carbocycles. The number of fused-ring (bicyclic) bond motifs is 3. The van der Waals surface area contributed by atoms with Crippen LogP contribution in [0.4, 0.5) is 22.9 Å². The zero-order chi connectivity index (χ0) is 43.2. The highest BCUT2D eigenvalue weighted by molar-refractivity contribution is 6.10. The molecule has 4 aromatic heterocycles. The summed E-state index contributed by atoms with van der Waals surface area (Å²) in [6, 6.07) is 13.8. The molecule has 0 unspecified atom stereocenters. The van der Waals surface area contributed by atoms with Gasteiger partial charge in [-0.2, -0.15) is 10.2 Å². The quantitative estimate of drug-likeness (QED) is 0.187. The lowest BCUT2D eigenvalue weighted by Gasteiger charge is -2.40. The van der Waals surface area contributed by atoms with Gasteiger partial charge in [-0.3, -0.25) is 23.4 Å². The molecule has 0 saturated carbocycles. The molecule has 63 heavy (non-hydrogen) atoms. The van der Waals surface area contributed by atoms with Gasteiger partial charge in [0.1, 0.15) is 18.0 Å². The predicted octanol–water partition coefficient (Wildman–Crippen LogP) is 3.98. The average molecular weight is 852 g/mol. The standard InChI is InChI=1S/C45H49N13O5/c1-52-38-23-33(7-8-34(38)43(51-52)57-19-9-31(27-59)47-40(57)28-60)53-20-12-45(63,13-21-53)25-41(61)55-17-10-32(11-18-55)58-26-30-22-37(39(24-36(30)50-58)54-14-3-2-4-15-54)48-44(62)35-6-5-16-56-29-46-49-42(35)56/h5-8,16,22-24,26,29,32,47,63H,2-4,9-15,17-21,25H2,1H3,(H,48,62). The summed E-state index contributed by atoms with van der Waals surface area (Å²) < 4.78 is 5.52. The average Bonchev–Trinajstić information content (AvgIpc) is 4.06. The molecular weight excluding hydrogens is 803 g/mol. The second kappa shape index (κ2) is 16.4. The number of hydrogen-bond acceptors (Lipinski definition) is 13. The first-order valence-corrected chi connectivity index (χ1v) is 21.8. The Morgan fingerprint density at radius 2 is 1.75 bits per heavy atom. The van der Waals surface area contributed by atoms with Gasteiger partial charge in [0.2, 0.25) is 5.91 Å². The number of carbonyl (C=O) groups excluding carboxylic acids is 4. The number of amides is 2. The van der Waals surface area contributed by atoms with Crippen molar-refractivity contribution < 1.29 is 24.3 Å². The van der Waals surface area contributed by atoms with E-state index in [4.69, 9.17) is 10.2 Å². The molecule has 2 amide bonds. The lowest BCUT2D eigenvalue weighted by Crippen LogP contribution is -2.48. The van der Waals surface area contributed by atoms with Crippen LogP contribution in [0.2, 0.25) is 0 Å². The van der Waals surface area contributed by atoms with Crippen molar-refractivity contribution in [1.29, 1.82) is 0 Å². The Morgan fingerprint density at radius 3 is 2.52 bits per heavy atom. The minimum Gasteiger partial charge on any atom is -0.389 e. The van der Waals surface area contributed by atoms with Crippen molar-refractivity contribution in [3.8, 4) is 0 Å². The van der Waals surface area contributed by atoms with Crippen molar-refractivity contribution in [3.63, 3.8) is 0 Å². The fourth-order valence-electron chi connectivity index (χ4n) is 9.71. The van der Waals surface area contributed by atoms with Crippen LogP contribution in [0.1, 0.15) is 74.2 Å². The molecule has 8 heterocycles. The number of pyridine rings is 1. The van der Waals surface area contributed by atoms with E-state index in [0.717, 1.165) is 77.6 Å². The summed E-state index contributed by atoms with van der Waals surface area (Å²) in [5, 5.41) is 37.3. The Balaban J connectivity index is 0.770. The van der Waals surface area contributed by atoms with Crippen LogP contribution in [-0.4, -0.2) is 119 Å². The molecule has 0 atom stereocenters. The Morgan fingerprint density at radius 1 is 0.937 bits per heavy atom. The van der Waals surface area contributed by atoms with E-state index in [-0.39, 0.29) is 30.1 Å². The van der Waals surface area contributed by atoms with Crippen molar-refractivity contribution in [2.45, 2.75) is 69.4 Å². The minimum absolute atomic E-state index is 0.0288. The van der Waals surface area contributed by atoms with Gasteiger partial charge >= 0.3 is 0 Å². The van der Waals surface area contributed by atoms with Gasteiger partial charge in [-0.15, -0.1) is 10.2 Å². The molecule has 4 saturated heterocycles. The summed E-state index contributed by atoms with van der Waals surface area (Å²) in [5.41, 5.74) is 4.56. The number of piperidine rings is 3. The third-order valence-corrected chi connectivity index (χ3v) is 13.3. The van der Waals surface area contributed by atoms with Crippen LogP contribution in [0.15, 0.2) is 72.7 Å². The Hall–Kier alpha value is -7.00. The molecule has 4 aliphatic rings. The maximum absolute atomic E-state index is 13.7. The van der Waals surface area contributed by atoms with Crippen molar-refractivity contribution >= 4 is 74.0 Å². The molecule has 324 valence electrons. The highest BCUT2D eigenvalue weighted by atomic mass is 16.3. The van der Waals surface area contributed by atoms with Crippen molar-refractivity contribution in [3.05, 3.63) is 78.3 Å². The van der Waals surface area contributed by atoms with E-state index >= 15 is 0 Å². The zero-order valence-corrected chi connectivity index (χ0v) is 35.2. The van der Waals surface area contributed by atoms with Crippen molar-refractivity contribution in [2.24, 2.45) is 7.05 Å². The summed E-state index contributed by atoms with van der Waals surface area (Å²) in [5.74, 6) is 4.17. The SMILES string of the molecule is Cn1nc(N2CCC(=C=O)NC2=C=O)c2ccc(N3CCC(O)(CC(=O)N4CCC(n5cc6cc(NC(=O)c7cccn8cnnc78)c(N7CCCCC7)cc6n5)CC4)CC3)cc21. The molecule has 10 rings (SSSR count). The van der Waals surface area contributed by atoms with E-state index in [0.29, 0.717) is 74.7 Å². The number of aliphatic hydroxyl groups is 1. The van der Waals surface area contributed by atoms with Crippen molar-refractivity contribution in [2.75, 3.05) is 65.8 Å². The van der Waals surface area contributed by atoms with Gasteiger partial charge in [0.15, 0.2) is 23.2 Å². The number of benzene rings is 2. The largest absolute Gasteiger partial charge is 0.389 e. The third-order valence-electron chi connectivity index (χ3n) is 13.3. The van der Waals surface area contributed by atoms with Crippen LogP contribution < -0.4 is 25.3 Å². The van der Waals surface area contributed by atoms with Crippen molar-refractivity contribution in [1.82, 2.24) is 44.4 Å². The first-order chi connectivity index (χ1) is 30.7. The van der Waals surface area contributed by atoms with E-state index in [2.05, 4.69) is 42.8 Å². The van der Waals surface area contributed by atoms with Crippen LogP contribution in [0.5, 0.6) is 0 Å². The number of hydrogen-bond donors (Lipinski definition) is 3. The second-order valence-corrected chi connectivity index (χ2v) is 17.2. The van der Waals surface area contributed by atoms with Crippen LogP contribution in [-0.2, 0) is 21.4 Å². The number of rotatable bonds is 8. The first kappa shape index (κ1) is 40.1. The number of aryl methyl sites for hydroxylation is 1. The first-order valence-electron chi connectivity index (χ1n) is 21.8. The summed E-state index contributed by atoms with van der Waals surface area (Å²) in [4.78, 5) is 58.4. The molecule has 4 fully saturated rings. The van der Waals surface area contributed by atoms with E-state index in [1.165, 1.54) is 6.42 Å². The highest BCUT2D eigenvalue weighted by Crippen LogP contribution is 2.37. The van der Waals surface area contributed by atoms with Crippen LogP contribution in [0.3, 0.4) is 0 Å². The van der Waals surface area contributed by atoms with Gasteiger partial charge in [-0.05, 0) is 87.4 Å². The maximum Gasteiger partial charge on any atom is 0.259 e. The lowest BCUT2D eigenvalue weighted by molar-refractivity contribution is -0.138. The zero-order valence-electron chi connectivity index (χ0n) is 35.2. The van der Waals surface area contributed by atoms with Gasteiger partial charge in [-0.1, -0.05) is 0 Å². The van der Waals surface area contributed by atoms with Gasteiger partial charge in [0.25, 0.3) is 5.91 Å². The van der Waals surface area contributed by atoms with Gasteiger partial charge in [-0.25, -0.2) is 9.59 Å². The van der Waals surface area contributed by atoms with Gasteiger partial charge < -0.3 is 35.3 Å². The topological polar surface area (TPSA) is 191 Å². The molecule has 3 N–H and O–H groups in total. The molecular formula is C45H49N13O5. The number of nitrogens with zero attached hydrogens (tertiary/aromatic N) is 11. The minimum atomic E-state index is -1.09. The number of likely N-dealkylation sites (tertiary alicyclic amines) is 1. The summed E-state index contributed by atoms with van der Waals surface area (Å²) in [6.45, 7) is 4.55. The third kappa shape index (κ3) is 7.66. The fourth-order valence-corrected chi connectivity index (χ4v) is 9.71. The molecule has 0 aliphatic carbocycles. The number of carbonyl (C=O) groups is 2. The normalized spacial score (nSPS) is 18.5. The molecule has 0 bridgehead atoms. The summed E-state index contributed by atoms with van der Waals surface area (Å²) >= 11 is 0. The van der Waals surface area contributed by atoms with E-state index in [9.17, 15) is 24.3 Å². The van der Waals surface area contributed by atoms with E-state index in [1.807, 2.05) is 65.2 Å². The Labute approximate surface area is 362 Å². The molecule has 4 aliphatic heterocycles. The summed E-state index contributed by atoms with van der Waals surface area (Å²) in [7, 11) is 1.85. The number of anilines is 4. The second-order valence-electron chi connectivity index (χ2n) is 17.2. The molecule has 18 heteroatoms. The van der Waals surface area contributed by atoms with Gasteiger partial charge in [0, 0.05) is 88.1 Å². The molecule has 6 aromatic rings. The maximum atomic E-state index is 13.7.